The molecule has 0 bridgehead atoms. The van der Waals surface area contributed by atoms with E-state index in [1.54, 1.807) is 0 Å². The van der Waals surface area contributed by atoms with Crippen molar-refractivity contribution >= 4 is 0 Å². The molecule has 0 N–H and O–H groups in total. The van der Waals surface area contributed by atoms with Gasteiger partial charge >= 0.3 is 0 Å². The van der Waals surface area contributed by atoms with E-state index in [0.29, 0.717) is 17.9 Å². The molecule has 0 saturated heterocycles. The van der Waals surface area contributed by atoms with Crippen molar-refractivity contribution in [1.29, 1.82) is 0 Å². The summed E-state index contributed by atoms with van der Waals surface area (Å²) in [6.45, 7) is 9.18. The summed E-state index contributed by atoms with van der Waals surface area (Å²) in [4.78, 5) is 4.64. The molecule has 90 valence electrons. The number of nitrogens with zero attached hydrogens (tertiary/aromatic N) is 2. The molecule has 0 radical (unpaired) electrons. The van der Waals surface area contributed by atoms with Gasteiger partial charge in [0.05, 0.1) is 12.0 Å². The van der Waals surface area contributed by atoms with Gasteiger partial charge in [-0.15, -0.1) is 0 Å². The quantitative estimate of drug-likeness (QED) is 0.692. The largest absolute Gasteiger partial charge is 0.331 e. The minimum absolute atomic E-state index is 0.547. The smallest absolute Gasteiger partial charge is 0.0954 e. The topological polar surface area (TPSA) is 17.8 Å². The SMILES string of the molecule is CC(C)c1ncn2c1C(C)CCCCC2C. The van der Waals surface area contributed by atoms with Crippen LogP contribution in [0.15, 0.2) is 6.33 Å². The standard InChI is InChI=1S/C14H24N2/c1-10(2)13-14-11(3)7-5-6-8-12(4)16(14)9-15-13/h9-12H,5-8H2,1-4H3. The van der Waals surface area contributed by atoms with Crippen LogP contribution in [-0.4, -0.2) is 9.55 Å². The number of fused-ring (bicyclic) bond motifs is 1. The van der Waals surface area contributed by atoms with Crippen LogP contribution in [0.4, 0.5) is 0 Å². The van der Waals surface area contributed by atoms with Crippen molar-refractivity contribution in [3.05, 3.63) is 17.7 Å². The van der Waals surface area contributed by atoms with Crippen molar-refractivity contribution in [3.8, 4) is 0 Å². The van der Waals surface area contributed by atoms with Gasteiger partial charge in [0.1, 0.15) is 0 Å². The van der Waals surface area contributed by atoms with Gasteiger partial charge in [-0.1, -0.05) is 33.6 Å². The van der Waals surface area contributed by atoms with E-state index in [4.69, 9.17) is 0 Å². The Balaban J connectivity index is 2.44. The first-order valence-electron chi connectivity index (χ1n) is 6.68. The van der Waals surface area contributed by atoms with E-state index in [1.807, 2.05) is 0 Å². The minimum atomic E-state index is 0.547. The van der Waals surface area contributed by atoms with Gasteiger partial charge in [-0.3, -0.25) is 0 Å². The fourth-order valence-electron chi connectivity index (χ4n) is 2.85. The van der Waals surface area contributed by atoms with E-state index in [-0.39, 0.29) is 0 Å². The van der Waals surface area contributed by atoms with Crippen LogP contribution in [0.5, 0.6) is 0 Å². The van der Waals surface area contributed by atoms with Gasteiger partial charge in [-0.25, -0.2) is 4.98 Å². The average Bonchev–Trinajstić information content (AvgIpc) is 2.66. The van der Waals surface area contributed by atoms with Gasteiger partial charge in [0.25, 0.3) is 0 Å². The molecule has 1 aromatic heterocycles. The molecule has 2 atom stereocenters. The summed E-state index contributed by atoms with van der Waals surface area (Å²) in [7, 11) is 0. The van der Waals surface area contributed by atoms with E-state index in [2.05, 4.69) is 43.6 Å². The Morgan fingerprint density at radius 1 is 1.25 bits per heavy atom. The van der Waals surface area contributed by atoms with Gasteiger partial charge in [0.15, 0.2) is 0 Å². The maximum absolute atomic E-state index is 4.64. The van der Waals surface area contributed by atoms with Crippen molar-refractivity contribution in [1.82, 2.24) is 9.55 Å². The molecule has 1 aliphatic rings. The lowest BCUT2D eigenvalue weighted by atomic mass is 9.92. The second-order valence-corrected chi connectivity index (χ2v) is 5.61. The third-order valence-corrected chi connectivity index (χ3v) is 3.86. The molecule has 1 aromatic rings. The van der Waals surface area contributed by atoms with E-state index >= 15 is 0 Å². The molecule has 2 nitrogen and oxygen atoms in total. The highest BCUT2D eigenvalue weighted by Crippen LogP contribution is 2.34. The molecule has 0 aliphatic carbocycles. The molecule has 0 fully saturated rings. The van der Waals surface area contributed by atoms with Gasteiger partial charge < -0.3 is 4.57 Å². The molecule has 2 rings (SSSR count). The lowest BCUT2D eigenvalue weighted by Crippen LogP contribution is -2.14. The van der Waals surface area contributed by atoms with Gasteiger partial charge in [0, 0.05) is 11.7 Å². The van der Waals surface area contributed by atoms with Crippen molar-refractivity contribution in [2.24, 2.45) is 0 Å². The second kappa shape index (κ2) is 4.60. The summed E-state index contributed by atoms with van der Waals surface area (Å²) in [6, 6.07) is 0.623. The molecule has 0 aromatic carbocycles. The third kappa shape index (κ3) is 2.02. The Morgan fingerprint density at radius 2 is 1.94 bits per heavy atom. The molecule has 0 saturated carbocycles. The van der Waals surface area contributed by atoms with Crippen LogP contribution >= 0.6 is 0 Å². The Labute approximate surface area is 99.1 Å². The highest BCUT2D eigenvalue weighted by molar-refractivity contribution is 5.21. The Morgan fingerprint density at radius 3 is 2.62 bits per heavy atom. The number of aromatic nitrogens is 2. The molecular formula is C14H24N2. The summed E-state index contributed by atoms with van der Waals surface area (Å²) >= 11 is 0. The van der Waals surface area contributed by atoms with Crippen LogP contribution in [0.2, 0.25) is 0 Å². The Kier molecular flexibility index (Phi) is 3.36. The number of rotatable bonds is 1. The molecule has 2 unspecified atom stereocenters. The summed E-state index contributed by atoms with van der Waals surface area (Å²) < 4.78 is 2.43. The summed E-state index contributed by atoms with van der Waals surface area (Å²) in [6.07, 6.45) is 7.41. The zero-order chi connectivity index (χ0) is 11.7. The minimum Gasteiger partial charge on any atom is -0.331 e. The van der Waals surface area contributed by atoms with Crippen LogP contribution in [-0.2, 0) is 0 Å². The van der Waals surface area contributed by atoms with Crippen molar-refractivity contribution in [2.45, 2.75) is 71.3 Å². The Bertz CT molecular complexity index is 352. The zero-order valence-electron chi connectivity index (χ0n) is 11.0. The normalized spacial score (nSPS) is 26.3. The molecule has 0 amide bonds. The van der Waals surface area contributed by atoms with E-state index in [0.717, 1.165) is 0 Å². The summed E-state index contributed by atoms with van der Waals surface area (Å²) in [5.74, 6) is 1.22. The molecule has 2 heteroatoms. The van der Waals surface area contributed by atoms with Crippen molar-refractivity contribution in [2.75, 3.05) is 0 Å². The third-order valence-electron chi connectivity index (χ3n) is 3.86. The lowest BCUT2D eigenvalue weighted by Gasteiger charge is -2.25. The van der Waals surface area contributed by atoms with Crippen LogP contribution < -0.4 is 0 Å². The van der Waals surface area contributed by atoms with Crippen LogP contribution in [0.1, 0.15) is 82.6 Å². The number of hydrogen-bond acceptors (Lipinski definition) is 1. The number of imidazole rings is 1. The molecule has 1 aliphatic heterocycles. The van der Waals surface area contributed by atoms with E-state index < -0.39 is 0 Å². The zero-order valence-corrected chi connectivity index (χ0v) is 11.0. The van der Waals surface area contributed by atoms with Crippen molar-refractivity contribution in [3.63, 3.8) is 0 Å². The predicted octanol–water partition coefficient (Wildman–Crippen LogP) is 4.25. The lowest BCUT2D eigenvalue weighted by molar-refractivity contribution is 0.411. The highest BCUT2D eigenvalue weighted by Gasteiger charge is 2.23. The highest BCUT2D eigenvalue weighted by atomic mass is 15.1. The first kappa shape index (κ1) is 11.7. The van der Waals surface area contributed by atoms with Crippen molar-refractivity contribution < 1.29 is 0 Å². The molecule has 16 heavy (non-hydrogen) atoms. The van der Waals surface area contributed by atoms with Gasteiger partial charge in [-0.05, 0) is 31.6 Å². The fraction of sp³-hybridized carbons (Fsp3) is 0.786. The first-order chi connectivity index (χ1) is 7.61. The Hall–Kier alpha value is -0.790. The monoisotopic (exact) mass is 220 g/mol. The van der Waals surface area contributed by atoms with E-state index in [9.17, 15) is 0 Å². The van der Waals surface area contributed by atoms with Crippen LogP contribution in [0.3, 0.4) is 0 Å². The predicted molar refractivity (Wildman–Crippen MR) is 67.9 cm³/mol. The summed E-state index contributed by atoms with van der Waals surface area (Å²) in [5.41, 5.74) is 2.82. The maximum Gasteiger partial charge on any atom is 0.0954 e. The summed E-state index contributed by atoms with van der Waals surface area (Å²) in [5, 5.41) is 0. The average molecular weight is 220 g/mol. The number of hydrogen-bond donors (Lipinski definition) is 0. The molecular weight excluding hydrogens is 196 g/mol. The van der Waals surface area contributed by atoms with Crippen LogP contribution in [0, 0.1) is 0 Å². The molecule has 0 spiro atoms. The van der Waals surface area contributed by atoms with Gasteiger partial charge in [0.2, 0.25) is 0 Å². The van der Waals surface area contributed by atoms with E-state index in [1.165, 1.54) is 37.1 Å². The molecule has 2 heterocycles. The maximum atomic E-state index is 4.64. The first-order valence-corrected chi connectivity index (χ1v) is 6.68. The van der Waals surface area contributed by atoms with Gasteiger partial charge in [-0.2, -0.15) is 0 Å². The second-order valence-electron chi connectivity index (χ2n) is 5.61. The fourth-order valence-corrected chi connectivity index (χ4v) is 2.85. The van der Waals surface area contributed by atoms with Crippen LogP contribution in [0.25, 0.3) is 0 Å².